The van der Waals surface area contributed by atoms with Crippen LogP contribution in [-0.4, -0.2) is 27.2 Å². The second-order valence-electron chi connectivity index (χ2n) is 3.90. The molecule has 0 atom stereocenters. The molecule has 0 bridgehead atoms. The summed E-state index contributed by atoms with van der Waals surface area (Å²) in [5, 5.41) is 11.9. The molecule has 2 N–H and O–H groups in total. The summed E-state index contributed by atoms with van der Waals surface area (Å²) >= 11 is 0. The molecule has 0 radical (unpaired) electrons. The molecule has 0 saturated carbocycles. The van der Waals surface area contributed by atoms with Crippen molar-refractivity contribution in [1.82, 2.24) is 9.55 Å². The van der Waals surface area contributed by atoms with Gasteiger partial charge in [-0.15, -0.1) is 0 Å². The molecule has 2 aromatic heterocycles. The van der Waals surface area contributed by atoms with Crippen molar-refractivity contribution >= 4 is 11.8 Å². The van der Waals surface area contributed by atoms with Crippen molar-refractivity contribution in [3.8, 4) is 0 Å². The highest BCUT2D eigenvalue weighted by Gasteiger charge is 2.04. The molecule has 0 aromatic carbocycles. The summed E-state index contributed by atoms with van der Waals surface area (Å²) in [4.78, 5) is 26.5. The van der Waals surface area contributed by atoms with Gasteiger partial charge in [0.2, 0.25) is 0 Å². The van der Waals surface area contributed by atoms with E-state index >= 15 is 0 Å². The van der Waals surface area contributed by atoms with Gasteiger partial charge in [0.25, 0.3) is 5.56 Å². The number of rotatable bonds is 5. The van der Waals surface area contributed by atoms with Gasteiger partial charge in [-0.05, 0) is 18.2 Å². The molecule has 6 heteroatoms. The van der Waals surface area contributed by atoms with Gasteiger partial charge >= 0.3 is 5.97 Å². The van der Waals surface area contributed by atoms with Crippen LogP contribution in [0.4, 0.5) is 5.82 Å². The fourth-order valence-corrected chi connectivity index (χ4v) is 1.60. The first kappa shape index (κ1) is 12.8. The molecule has 19 heavy (non-hydrogen) atoms. The molecular formula is C13H13N3O3. The predicted octanol–water partition coefficient (Wildman–Crippen LogP) is 1.05. The van der Waals surface area contributed by atoms with E-state index in [1.807, 2.05) is 18.2 Å². The van der Waals surface area contributed by atoms with Crippen molar-refractivity contribution in [2.24, 2.45) is 0 Å². The maximum atomic E-state index is 11.6. The minimum absolute atomic E-state index is 0.0948. The molecule has 0 fully saturated rings. The number of pyridine rings is 2. The second kappa shape index (κ2) is 5.81. The number of aromatic carboxylic acids is 1. The van der Waals surface area contributed by atoms with Gasteiger partial charge in [0.15, 0.2) is 0 Å². The Balaban J connectivity index is 2.01. The Morgan fingerprint density at radius 2 is 2.16 bits per heavy atom. The highest BCUT2D eigenvalue weighted by Crippen LogP contribution is 1.99. The van der Waals surface area contributed by atoms with Crippen LogP contribution in [-0.2, 0) is 6.54 Å². The highest BCUT2D eigenvalue weighted by molar-refractivity contribution is 5.87. The SMILES string of the molecule is O=C(O)c1ccc(=O)n(CCNc2ccccn2)c1. The standard InChI is InChI=1S/C13H13N3O3/c17-12-5-4-10(13(18)19)9-16(12)8-7-15-11-3-1-2-6-14-11/h1-6,9H,7-8H2,(H,14,15)(H,18,19). The zero-order valence-corrected chi connectivity index (χ0v) is 10.1. The lowest BCUT2D eigenvalue weighted by Crippen LogP contribution is -2.23. The van der Waals surface area contributed by atoms with E-state index in [0.29, 0.717) is 18.9 Å². The van der Waals surface area contributed by atoms with E-state index in [0.717, 1.165) is 0 Å². The summed E-state index contributed by atoms with van der Waals surface area (Å²) in [6, 6.07) is 8.03. The summed E-state index contributed by atoms with van der Waals surface area (Å²) in [7, 11) is 0. The largest absolute Gasteiger partial charge is 0.478 e. The molecule has 0 amide bonds. The molecule has 2 aromatic rings. The molecule has 2 rings (SSSR count). The van der Waals surface area contributed by atoms with Crippen LogP contribution in [0.1, 0.15) is 10.4 Å². The summed E-state index contributed by atoms with van der Waals surface area (Å²) in [6.07, 6.45) is 3.00. The highest BCUT2D eigenvalue weighted by atomic mass is 16.4. The van der Waals surface area contributed by atoms with E-state index < -0.39 is 5.97 Å². The van der Waals surface area contributed by atoms with Crippen LogP contribution in [0.25, 0.3) is 0 Å². The fraction of sp³-hybridized carbons (Fsp3) is 0.154. The monoisotopic (exact) mass is 259 g/mol. The van der Waals surface area contributed by atoms with Gasteiger partial charge in [-0.3, -0.25) is 4.79 Å². The molecule has 0 saturated heterocycles. The van der Waals surface area contributed by atoms with Gasteiger partial charge in [0, 0.05) is 31.5 Å². The summed E-state index contributed by atoms with van der Waals surface area (Å²) < 4.78 is 1.36. The molecule has 0 spiro atoms. The van der Waals surface area contributed by atoms with Gasteiger partial charge < -0.3 is 15.0 Å². The van der Waals surface area contributed by atoms with Crippen LogP contribution >= 0.6 is 0 Å². The van der Waals surface area contributed by atoms with Gasteiger partial charge in [0.05, 0.1) is 5.56 Å². The molecule has 0 aliphatic carbocycles. The number of anilines is 1. The molecular weight excluding hydrogens is 246 g/mol. The Kier molecular flexibility index (Phi) is 3.92. The first-order valence-corrected chi connectivity index (χ1v) is 5.75. The second-order valence-corrected chi connectivity index (χ2v) is 3.90. The number of carboxylic acid groups (broad SMARTS) is 1. The number of carbonyl (C=O) groups is 1. The number of hydrogen-bond acceptors (Lipinski definition) is 4. The summed E-state index contributed by atoms with van der Waals surface area (Å²) in [5.41, 5.74) is -0.134. The van der Waals surface area contributed by atoms with Crippen molar-refractivity contribution in [2.45, 2.75) is 6.54 Å². The number of hydrogen-bond donors (Lipinski definition) is 2. The minimum Gasteiger partial charge on any atom is -0.478 e. The van der Waals surface area contributed by atoms with Crippen molar-refractivity contribution in [2.75, 3.05) is 11.9 Å². The third kappa shape index (κ3) is 3.41. The lowest BCUT2D eigenvalue weighted by Gasteiger charge is -2.08. The average Bonchev–Trinajstić information content (AvgIpc) is 2.42. The van der Waals surface area contributed by atoms with Crippen LogP contribution in [0, 0.1) is 0 Å². The molecule has 0 unspecified atom stereocenters. The van der Waals surface area contributed by atoms with Crippen molar-refractivity contribution in [3.63, 3.8) is 0 Å². The van der Waals surface area contributed by atoms with E-state index in [9.17, 15) is 9.59 Å². The van der Waals surface area contributed by atoms with Gasteiger partial charge in [0.1, 0.15) is 5.82 Å². The maximum Gasteiger partial charge on any atom is 0.337 e. The van der Waals surface area contributed by atoms with Crippen LogP contribution in [0.2, 0.25) is 0 Å². The summed E-state index contributed by atoms with van der Waals surface area (Å²) in [5.74, 6) is -0.337. The van der Waals surface area contributed by atoms with E-state index in [1.54, 1.807) is 6.20 Å². The average molecular weight is 259 g/mol. The normalized spacial score (nSPS) is 10.1. The third-order valence-electron chi connectivity index (χ3n) is 2.55. The molecule has 0 aliphatic heterocycles. The predicted molar refractivity (Wildman–Crippen MR) is 70.4 cm³/mol. The zero-order valence-electron chi connectivity index (χ0n) is 10.1. The van der Waals surface area contributed by atoms with Gasteiger partial charge in [-0.25, -0.2) is 9.78 Å². The van der Waals surface area contributed by atoms with Crippen LogP contribution in [0.15, 0.2) is 47.5 Å². The first-order chi connectivity index (χ1) is 9.16. The number of nitrogens with zero attached hydrogens (tertiary/aromatic N) is 2. The van der Waals surface area contributed by atoms with E-state index in [2.05, 4.69) is 10.3 Å². The Bertz CT molecular complexity index is 623. The Labute approximate surface area is 109 Å². The van der Waals surface area contributed by atoms with E-state index in [-0.39, 0.29) is 11.1 Å². The van der Waals surface area contributed by atoms with Crippen LogP contribution in [0.3, 0.4) is 0 Å². The lowest BCUT2D eigenvalue weighted by atomic mass is 10.3. The molecule has 2 heterocycles. The zero-order chi connectivity index (χ0) is 13.7. The number of aromatic nitrogens is 2. The fourth-order valence-electron chi connectivity index (χ4n) is 1.60. The quantitative estimate of drug-likeness (QED) is 0.838. The molecule has 0 aliphatic rings. The van der Waals surface area contributed by atoms with E-state index in [1.165, 1.54) is 22.9 Å². The maximum absolute atomic E-state index is 11.6. The Hall–Kier alpha value is -2.63. The Morgan fingerprint density at radius 1 is 1.32 bits per heavy atom. The lowest BCUT2D eigenvalue weighted by molar-refractivity contribution is 0.0696. The smallest absolute Gasteiger partial charge is 0.337 e. The van der Waals surface area contributed by atoms with Crippen molar-refractivity contribution in [1.29, 1.82) is 0 Å². The topological polar surface area (TPSA) is 84.2 Å². The minimum atomic E-state index is -1.05. The van der Waals surface area contributed by atoms with Gasteiger partial charge in [-0.1, -0.05) is 6.07 Å². The van der Waals surface area contributed by atoms with Crippen LogP contribution in [0.5, 0.6) is 0 Å². The number of carboxylic acids is 1. The van der Waals surface area contributed by atoms with E-state index in [4.69, 9.17) is 5.11 Å². The first-order valence-electron chi connectivity index (χ1n) is 5.75. The van der Waals surface area contributed by atoms with Crippen molar-refractivity contribution in [3.05, 3.63) is 58.6 Å². The van der Waals surface area contributed by atoms with Gasteiger partial charge in [-0.2, -0.15) is 0 Å². The van der Waals surface area contributed by atoms with Crippen molar-refractivity contribution < 1.29 is 9.90 Å². The third-order valence-corrected chi connectivity index (χ3v) is 2.55. The molecule has 98 valence electrons. The van der Waals surface area contributed by atoms with Crippen LogP contribution < -0.4 is 10.9 Å². The summed E-state index contributed by atoms with van der Waals surface area (Å²) in [6.45, 7) is 0.858. The Morgan fingerprint density at radius 3 is 2.84 bits per heavy atom. The number of nitrogens with one attached hydrogen (secondary N) is 1. The molecule has 6 nitrogen and oxygen atoms in total.